The van der Waals surface area contributed by atoms with Gasteiger partial charge in [0.1, 0.15) is 17.5 Å². The van der Waals surface area contributed by atoms with Crippen LogP contribution in [0.1, 0.15) is 25.3 Å². The van der Waals surface area contributed by atoms with Crippen LogP contribution in [0.4, 0.5) is 11.4 Å². The Morgan fingerprint density at radius 1 is 1.28 bits per heavy atom. The summed E-state index contributed by atoms with van der Waals surface area (Å²) < 4.78 is 39.2. The highest BCUT2D eigenvalue weighted by molar-refractivity contribution is 7.89. The van der Waals surface area contributed by atoms with E-state index in [4.69, 9.17) is 9.47 Å². The highest BCUT2D eigenvalue weighted by Crippen LogP contribution is 2.37. The van der Waals surface area contributed by atoms with Gasteiger partial charge >= 0.3 is 0 Å². The third-order valence-corrected chi connectivity index (χ3v) is 7.72. The van der Waals surface area contributed by atoms with E-state index in [0.717, 1.165) is 0 Å². The Morgan fingerprint density at radius 2 is 2.03 bits per heavy atom. The van der Waals surface area contributed by atoms with Crippen LogP contribution in [0.5, 0.6) is 11.5 Å². The van der Waals surface area contributed by atoms with Crippen molar-refractivity contribution in [3.05, 3.63) is 42.0 Å². The van der Waals surface area contributed by atoms with Crippen LogP contribution in [0.2, 0.25) is 0 Å². The molecule has 2 aliphatic rings. The summed E-state index contributed by atoms with van der Waals surface area (Å²) in [5.41, 5.74) is 1.36. The lowest BCUT2D eigenvalue weighted by molar-refractivity contribution is -0.122. The van der Waals surface area contributed by atoms with Crippen molar-refractivity contribution in [3.63, 3.8) is 0 Å². The van der Waals surface area contributed by atoms with E-state index in [-0.39, 0.29) is 23.1 Å². The number of aryl methyl sites for hydroxylation is 1. The van der Waals surface area contributed by atoms with E-state index < -0.39 is 28.1 Å². The molecule has 0 radical (unpaired) electrons. The largest absolute Gasteiger partial charge is 0.495 e. The number of methoxy groups -OCH3 is 1. The lowest BCUT2D eigenvalue weighted by atomic mass is 10.1. The number of carbonyl (C=O) groups excluding carboxylic acids is 2. The molecule has 4 rings (SSSR count). The minimum atomic E-state index is -3.99. The van der Waals surface area contributed by atoms with Crippen LogP contribution in [0.3, 0.4) is 0 Å². The van der Waals surface area contributed by atoms with E-state index in [2.05, 4.69) is 10.6 Å². The summed E-state index contributed by atoms with van der Waals surface area (Å²) in [7, 11) is -2.49. The minimum Gasteiger partial charge on any atom is -0.495 e. The second kappa shape index (κ2) is 8.44. The fraction of sp³-hybridized carbons (Fsp3) is 0.364. The van der Waals surface area contributed by atoms with Crippen LogP contribution in [-0.2, 0) is 19.6 Å². The smallest absolute Gasteiger partial charge is 0.265 e. The number of carbonyl (C=O) groups is 2. The molecule has 2 atom stereocenters. The van der Waals surface area contributed by atoms with Crippen molar-refractivity contribution < 1.29 is 27.5 Å². The minimum absolute atomic E-state index is 0.0524. The second-order valence-corrected chi connectivity index (χ2v) is 9.69. The van der Waals surface area contributed by atoms with Crippen molar-refractivity contribution in [3.8, 4) is 11.5 Å². The van der Waals surface area contributed by atoms with Crippen LogP contribution in [0, 0.1) is 6.92 Å². The Labute approximate surface area is 186 Å². The molecule has 0 unspecified atom stereocenters. The summed E-state index contributed by atoms with van der Waals surface area (Å²) in [5.74, 6) is 0.0750. The first-order chi connectivity index (χ1) is 15.2. The fourth-order valence-electron chi connectivity index (χ4n) is 4.00. The normalized spacial score (nSPS) is 20.8. The van der Waals surface area contributed by atoms with Gasteiger partial charge in [0.25, 0.3) is 5.91 Å². The molecule has 9 nitrogen and oxygen atoms in total. The maximum atomic E-state index is 13.6. The Bertz CT molecular complexity index is 1180. The number of nitrogens with one attached hydrogen (secondary N) is 2. The Hall–Kier alpha value is -3.11. The molecule has 1 saturated heterocycles. The first-order valence-electron chi connectivity index (χ1n) is 10.3. The number of sulfonamides is 1. The highest BCUT2D eigenvalue weighted by Gasteiger charge is 2.41. The third kappa shape index (κ3) is 3.91. The van der Waals surface area contributed by atoms with Crippen LogP contribution in [0.15, 0.2) is 41.3 Å². The van der Waals surface area contributed by atoms with Crippen molar-refractivity contribution in [1.82, 2.24) is 4.31 Å². The number of benzene rings is 2. The zero-order chi connectivity index (χ0) is 23.0. The van der Waals surface area contributed by atoms with Crippen LogP contribution in [-0.4, -0.2) is 50.3 Å². The molecule has 2 N–H and O–H groups in total. The summed E-state index contributed by atoms with van der Waals surface area (Å²) in [4.78, 5) is 24.9. The molecular formula is C22H25N3O6S. The molecular weight excluding hydrogens is 434 g/mol. The van der Waals surface area contributed by atoms with Crippen LogP contribution < -0.4 is 20.1 Å². The lowest BCUT2D eigenvalue weighted by Gasteiger charge is -2.27. The summed E-state index contributed by atoms with van der Waals surface area (Å²) >= 11 is 0. The van der Waals surface area contributed by atoms with Gasteiger partial charge in [0.15, 0.2) is 6.10 Å². The molecule has 2 aliphatic heterocycles. The number of para-hydroxylation sites is 2. The molecule has 10 heteroatoms. The molecule has 32 heavy (non-hydrogen) atoms. The van der Waals surface area contributed by atoms with Gasteiger partial charge in [0.2, 0.25) is 15.9 Å². The van der Waals surface area contributed by atoms with Gasteiger partial charge in [-0.1, -0.05) is 12.1 Å². The molecule has 2 heterocycles. The van der Waals surface area contributed by atoms with Crippen molar-refractivity contribution in [2.45, 2.75) is 43.7 Å². The SMILES string of the molecule is COc1ccccc1NC(=O)[C@H]1CCCN1S(=O)(=O)c1cc2c(cc1C)NC(=O)[C@@H](C)O2. The second-order valence-electron chi connectivity index (χ2n) is 7.83. The summed E-state index contributed by atoms with van der Waals surface area (Å²) in [6.45, 7) is 3.47. The summed E-state index contributed by atoms with van der Waals surface area (Å²) in [6, 6.07) is 9.11. The summed E-state index contributed by atoms with van der Waals surface area (Å²) in [5, 5.41) is 5.51. The fourth-order valence-corrected chi connectivity index (χ4v) is 5.88. The molecule has 2 aromatic rings. The van der Waals surface area contributed by atoms with E-state index in [0.29, 0.717) is 35.5 Å². The van der Waals surface area contributed by atoms with Gasteiger partial charge in [-0.2, -0.15) is 4.31 Å². The number of amides is 2. The van der Waals surface area contributed by atoms with Crippen molar-refractivity contribution in [2.75, 3.05) is 24.3 Å². The molecule has 0 aliphatic carbocycles. The molecule has 2 aromatic carbocycles. The third-order valence-electron chi connectivity index (χ3n) is 5.67. The number of hydrogen-bond acceptors (Lipinski definition) is 6. The monoisotopic (exact) mass is 459 g/mol. The number of rotatable bonds is 5. The molecule has 1 fully saturated rings. The van der Waals surface area contributed by atoms with Gasteiger partial charge < -0.3 is 20.1 Å². The molecule has 0 saturated carbocycles. The molecule has 170 valence electrons. The first kappa shape index (κ1) is 22.1. The molecule has 0 bridgehead atoms. The van der Waals surface area contributed by atoms with Crippen molar-refractivity contribution in [1.29, 1.82) is 0 Å². The number of fused-ring (bicyclic) bond motifs is 1. The zero-order valence-electron chi connectivity index (χ0n) is 18.0. The van der Waals surface area contributed by atoms with Gasteiger partial charge in [-0.15, -0.1) is 0 Å². The van der Waals surface area contributed by atoms with Gasteiger partial charge in [0, 0.05) is 12.6 Å². The number of anilines is 2. The maximum absolute atomic E-state index is 13.6. The van der Waals surface area contributed by atoms with E-state index in [9.17, 15) is 18.0 Å². The molecule has 0 spiro atoms. The quantitative estimate of drug-likeness (QED) is 0.710. The maximum Gasteiger partial charge on any atom is 0.265 e. The van der Waals surface area contributed by atoms with Crippen molar-refractivity contribution in [2.24, 2.45) is 0 Å². The zero-order valence-corrected chi connectivity index (χ0v) is 18.9. The Balaban J connectivity index is 1.63. The topological polar surface area (TPSA) is 114 Å². The van der Waals surface area contributed by atoms with Gasteiger partial charge in [0.05, 0.1) is 23.4 Å². The van der Waals surface area contributed by atoms with Crippen LogP contribution >= 0.6 is 0 Å². The van der Waals surface area contributed by atoms with Crippen molar-refractivity contribution >= 4 is 33.2 Å². The summed E-state index contributed by atoms with van der Waals surface area (Å²) in [6.07, 6.45) is 0.247. The van der Waals surface area contributed by atoms with Gasteiger partial charge in [-0.3, -0.25) is 9.59 Å². The van der Waals surface area contributed by atoms with E-state index in [1.165, 1.54) is 17.5 Å². The average molecular weight is 460 g/mol. The molecule has 0 aromatic heterocycles. The first-order valence-corrected chi connectivity index (χ1v) is 11.7. The van der Waals surface area contributed by atoms with E-state index in [1.807, 2.05) is 0 Å². The van der Waals surface area contributed by atoms with Gasteiger partial charge in [-0.05, 0) is 50.5 Å². The average Bonchev–Trinajstić information content (AvgIpc) is 3.26. The lowest BCUT2D eigenvalue weighted by Crippen LogP contribution is -2.43. The number of ether oxygens (including phenoxy) is 2. The number of nitrogens with zero attached hydrogens (tertiary/aromatic N) is 1. The molecule has 2 amide bonds. The predicted molar refractivity (Wildman–Crippen MR) is 118 cm³/mol. The van der Waals surface area contributed by atoms with Gasteiger partial charge in [-0.25, -0.2) is 8.42 Å². The highest BCUT2D eigenvalue weighted by atomic mass is 32.2. The van der Waals surface area contributed by atoms with E-state index in [1.54, 1.807) is 44.2 Å². The van der Waals surface area contributed by atoms with Crippen LogP contribution in [0.25, 0.3) is 0 Å². The number of hydrogen-bond donors (Lipinski definition) is 2. The Morgan fingerprint density at radius 3 is 2.78 bits per heavy atom. The predicted octanol–water partition coefficient (Wildman–Crippen LogP) is 2.51. The standard InChI is InChI=1S/C22H25N3O6S/c1-13-11-16-19(31-14(2)21(26)24-16)12-20(13)32(28,29)25-10-6-8-17(25)22(27)23-15-7-4-5-9-18(15)30-3/h4-5,7,9,11-12,14,17H,6,8,10H2,1-3H3,(H,23,27)(H,24,26)/t14-,17-/m1/s1. The Kier molecular flexibility index (Phi) is 5.83. The van der Waals surface area contributed by atoms with E-state index >= 15 is 0 Å².